The number of benzene rings is 1. The van der Waals surface area contributed by atoms with Crippen molar-refractivity contribution in [1.82, 2.24) is 0 Å². The molecule has 17 heavy (non-hydrogen) atoms. The second-order valence-corrected chi connectivity index (χ2v) is 6.34. The van der Waals surface area contributed by atoms with Crippen molar-refractivity contribution in [1.29, 1.82) is 0 Å². The number of halogens is 2. The van der Waals surface area contributed by atoms with E-state index in [1.807, 2.05) is 0 Å². The Labute approximate surface area is 110 Å². The summed E-state index contributed by atoms with van der Waals surface area (Å²) in [6.07, 6.45) is 2.97. The van der Waals surface area contributed by atoms with Crippen LogP contribution >= 0.6 is 15.9 Å². The molecule has 1 saturated carbocycles. The minimum absolute atomic E-state index is 0.00809. The minimum Gasteiger partial charge on any atom is -0.294 e. The Morgan fingerprint density at radius 1 is 1.47 bits per heavy atom. The van der Waals surface area contributed by atoms with E-state index >= 15 is 0 Å². The van der Waals surface area contributed by atoms with Gasteiger partial charge in [0.15, 0.2) is 5.78 Å². The van der Waals surface area contributed by atoms with Gasteiger partial charge in [-0.3, -0.25) is 4.79 Å². The zero-order valence-electron chi connectivity index (χ0n) is 10.1. The number of carbonyl (C=O) groups is 1. The zero-order valence-corrected chi connectivity index (χ0v) is 11.7. The number of ketones is 1. The van der Waals surface area contributed by atoms with E-state index in [0.29, 0.717) is 0 Å². The molecule has 0 bridgehead atoms. The van der Waals surface area contributed by atoms with Crippen molar-refractivity contribution in [2.75, 3.05) is 0 Å². The predicted octanol–water partition coefficient (Wildman–Crippen LogP) is 4.60. The molecule has 0 saturated heterocycles. The number of hydrogen-bond donors (Lipinski definition) is 0. The molecule has 0 aromatic heterocycles. The zero-order chi connectivity index (χ0) is 12.6. The van der Waals surface area contributed by atoms with Gasteiger partial charge in [0.25, 0.3) is 0 Å². The van der Waals surface area contributed by atoms with Gasteiger partial charge in [0, 0.05) is 10.4 Å². The number of carbonyl (C=O) groups excluding carboxylic acids is 1. The van der Waals surface area contributed by atoms with Crippen LogP contribution in [0.1, 0.15) is 43.5 Å². The molecule has 1 aliphatic rings. The Kier molecular flexibility index (Phi) is 3.39. The highest BCUT2D eigenvalue weighted by Gasteiger charge is 2.40. The third-order valence-electron chi connectivity index (χ3n) is 3.77. The Hall–Kier alpha value is -0.700. The van der Waals surface area contributed by atoms with Crippen molar-refractivity contribution in [2.24, 2.45) is 11.3 Å². The quantitative estimate of drug-likeness (QED) is 0.730. The summed E-state index contributed by atoms with van der Waals surface area (Å²) < 4.78 is 14.4. The molecule has 1 aromatic rings. The van der Waals surface area contributed by atoms with Gasteiger partial charge in [0.2, 0.25) is 0 Å². The Bertz CT molecular complexity index is 454. The highest BCUT2D eigenvalue weighted by atomic mass is 79.9. The van der Waals surface area contributed by atoms with Crippen LogP contribution in [0.15, 0.2) is 22.7 Å². The van der Waals surface area contributed by atoms with Crippen LogP contribution in [0.25, 0.3) is 0 Å². The summed E-state index contributed by atoms with van der Waals surface area (Å²) in [5.74, 6) is -0.515. The second kappa shape index (κ2) is 4.52. The van der Waals surface area contributed by atoms with Crippen LogP contribution in [0, 0.1) is 17.2 Å². The smallest absolute Gasteiger partial charge is 0.169 e. The molecular weight excluding hydrogens is 283 g/mol. The summed E-state index contributed by atoms with van der Waals surface area (Å²) >= 11 is 3.28. The first-order valence-electron chi connectivity index (χ1n) is 5.91. The molecule has 1 atom stereocenters. The van der Waals surface area contributed by atoms with E-state index in [4.69, 9.17) is 0 Å². The van der Waals surface area contributed by atoms with Crippen molar-refractivity contribution in [2.45, 2.75) is 33.1 Å². The van der Waals surface area contributed by atoms with Crippen molar-refractivity contribution >= 4 is 21.7 Å². The molecule has 92 valence electrons. The Balaban J connectivity index is 2.34. The SMILES string of the molecule is CC1(C)CCCC1C(=O)c1cc(Br)ccc1F. The fourth-order valence-corrected chi connectivity index (χ4v) is 3.05. The molecule has 1 fully saturated rings. The third-order valence-corrected chi connectivity index (χ3v) is 4.26. The standard InChI is InChI=1S/C14H16BrFO/c1-14(2)7-3-4-11(14)13(17)10-8-9(15)5-6-12(10)16/h5-6,8,11H,3-4,7H2,1-2H3. The summed E-state index contributed by atoms with van der Waals surface area (Å²) in [4.78, 5) is 12.4. The molecule has 2 rings (SSSR count). The van der Waals surface area contributed by atoms with E-state index in [-0.39, 0.29) is 22.7 Å². The number of hydrogen-bond acceptors (Lipinski definition) is 1. The maximum atomic E-state index is 13.7. The molecule has 0 heterocycles. The van der Waals surface area contributed by atoms with Gasteiger partial charge < -0.3 is 0 Å². The molecule has 1 aliphatic carbocycles. The molecule has 0 N–H and O–H groups in total. The molecule has 0 aliphatic heterocycles. The van der Waals surface area contributed by atoms with Gasteiger partial charge in [-0.1, -0.05) is 36.2 Å². The lowest BCUT2D eigenvalue weighted by atomic mass is 9.77. The monoisotopic (exact) mass is 298 g/mol. The largest absolute Gasteiger partial charge is 0.294 e. The molecular formula is C14H16BrFO. The van der Waals surface area contributed by atoms with E-state index in [1.165, 1.54) is 6.07 Å². The molecule has 1 unspecified atom stereocenters. The average Bonchev–Trinajstić information content (AvgIpc) is 2.61. The number of Topliss-reactive ketones (excluding diaryl/α,β-unsaturated/α-hetero) is 1. The van der Waals surface area contributed by atoms with Gasteiger partial charge in [0.05, 0.1) is 5.56 Å². The van der Waals surface area contributed by atoms with E-state index in [9.17, 15) is 9.18 Å². The first-order chi connectivity index (χ1) is 7.92. The first kappa shape index (κ1) is 12.7. The maximum Gasteiger partial charge on any atom is 0.169 e. The van der Waals surface area contributed by atoms with Crippen LogP contribution in [-0.2, 0) is 0 Å². The highest BCUT2D eigenvalue weighted by molar-refractivity contribution is 9.10. The van der Waals surface area contributed by atoms with Gasteiger partial charge in [-0.05, 0) is 36.5 Å². The Morgan fingerprint density at radius 2 is 2.18 bits per heavy atom. The molecule has 1 aromatic carbocycles. The summed E-state index contributed by atoms with van der Waals surface area (Å²) in [5, 5.41) is 0. The third kappa shape index (κ3) is 2.44. The predicted molar refractivity (Wildman–Crippen MR) is 69.6 cm³/mol. The van der Waals surface area contributed by atoms with Crippen molar-refractivity contribution in [3.8, 4) is 0 Å². The van der Waals surface area contributed by atoms with Gasteiger partial charge in [-0.2, -0.15) is 0 Å². The van der Waals surface area contributed by atoms with Crippen LogP contribution in [0.3, 0.4) is 0 Å². The number of rotatable bonds is 2. The van der Waals surface area contributed by atoms with E-state index < -0.39 is 5.82 Å². The molecule has 0 spiro atoms. The summed E-state index contributed by atoms with van der Waals surface area (Å²) in [6, 6.07) is 4.55. The first-order valence-corrected chi connectivity index (χ1v) is 6.70. The average molecular weight is 299 g/mol. The van der Waals surface area contributed by atoms with Crippen LogP contribution in [-0.4, -0.2) is 5.78 Å². The lowest BCUT2D eigenvalue weighted by Crippen LogP contribution is -2.26. The lowest BCUT2D eigenvalue weighted by molar-refractivity contribution is 0.0835. The molecule has 1 nitrogen and oxygen atoms in total. The van der Waals surface area contributed by atoms with Gasteiger partial charge >= 0.3 is 0 Å². The van der Waals surface area contributed by atoms with Crippen LogP contribution in [0.2, 0.25) is 0 Å². The van der Waals surface area contributed by atoms with E-state index in [1.54, 1.807) is 12.1 Å². The molecule has 0 amide bonds. The normalized spacial score (nSPS) is 22.7. The van der Waals surface area contributed by atoms with Crippen molar-refractivity contribution in [3.05, 3.63) is 34.1 Å². The summed E-state index contributed by atoms with van der Waals surface area (Å²) in [5.41, 5.74) is 0.214. The van der Waals surface area contributed by atoms with Gasteiger partial charge in [0.1, 0.15) is 5.82 Å². The highest BCUT2D eigenvalue weighted by Crippen LogP contribution is 2.44. The lowest BCUT2D eigenvalue weighted by Gasteiger charge is -2.25. The summed E-state index contributed by atoms with van der Waals surface area (Å²) in [7, 11) is 0. The molecule has 3 heteroatoms. The van der Waals surface area contributed by atoms with Gasteiger partial charge in [-0.25, -0.2) is 4.39 Å². The maximum absolute atomic E-state index is 13.7. The van der Waals surface area contributed by atoms with Crippen LogP contribution < -0.4 is 0 Å². The fraction of sp³-hybridized carbons (Fsp3) is 0.500. The molecule has 0 radical (unpaired) electrons. The van der Waals surface area contributed by atoms with Crippen molar-refractivity contribution in [3.63, 3.8) is 0 Å². The Morgan fingerprint density at radius 3 is 2.76 bits per heavy atom. The minimum atomic E-state index is -0.416. The fourth-order valence-electron chi connectivity index (χ4n) is 2.69. The van der Waals surface area contributed by atoms with Crippen molar-refractivity contribution < 1.29 is 9.18 Å². The van der Waals surface area contributed by atoms with Crippen LogP contribution in [0.5, 0.6) is 0 Å². The van der Waals surface area contributed by atoms with Gasteiger partial charge in [-0.15, -0.1) is 0 Å². The van der Waals surface area contributed by atoms with E-state index in [2.05, 4.69) is 29.8 Å². The van der Waals surface area contributed by atoms with Crippen LogP contribution in [0.4, 0.5) is 4.39 Å². The van der Waals surface area contributed by atoms with E-state index in [0.717, 1.165) is 23.7 Å². The topological polar surface area (TPSA) is 17.1 Å². The second-order valence-electron chi connectivity index (χ2n) is 5.42. The summed E-state index contributed by atoms with van der Waals surface area (Å²) in [6.45, 7) is 4.19.